The van der Waals surface area contributed by atoms with Crippen LogP contribution in [0, 0.1) is 0 Å². The second kappa shape index (κ2) is 8.14. The predicted molar refractivity (Wildman–Crippen MR) is 104 cm³/mol. The van der Waals surface area contributed by atoms with Crippen LogP contribution in [0.1, 0.15) is 41.5 Å². The third-order valence-electron chi connectivity index (χ3n) is 5.51. The van der Waals surface area contributed by atoms with Crippen molar-refractivity contribution in [3.05, 3.63) is 47.0 Å². The largest absolute Gasteiger partial charge is 0.497 e. The topological polar surface area (TPSA) is 76.6 Å². The van der Waals surface area contributed by atoms with Crippen molar-refractivity contribution in [3.63, 3.8) is 0 Å². The Morgan fingerprint density at radius 3 is 2.96 bits per heavy atom. The summed E-state index contributed by atoms with van der Waals surface area (Å²) in [5, 5.41) is 3.44. The second-order valence-electron chi connectivity index (χ2n) is 7.27. The standard InChI is InChI=1S/C21H26N4O3/c1-27-16-5-6-19(28-2)14(10-16)11-20(26)25-9-7-17-15(13-25)12-23-21(24-17)18-4-3-8-22-18/h5-6,10,12,18,22H,3-4,7-9,11,13H2,1-2H3/t18-/m0/s1. The van der Waals surface area contributed by atoms with E-state index < -0.39 is 0 Å². The molecule has 1 saturated heterocycles. The van der Waals surface area contributed by atoms with Crippen LogP contribution in [0.15, 0.2) is 24.4 Å². The number of fused-ring (bicyclic) bond motifs is 1. The Morgan fingerprint density at radius 1 is 1.32 bits per heavy atom. The van der Waals surface area contributed by atoms with Gasteiger partial charge in [-0.05, 0) is 37.6 Å². The number of hydrogen-bond donors (Lipinski definition) is 1. The van der Waals surface area contributed by atoms with Gasteiger partial charge in [0.2, 0.25) is 5.91 Å². The molecule has 1 N–H and O–H groups in total. The molecular formula is C21H26N4O3. The average molecular weight is 382 g/mol. The van der Waals surface area contributed by atoms with Crippen LogP contribution in [0.4, 0.5) is 0 Å². The van der Waals surface area contributed by atoms with Crippen molar-refractivity contribution in [2.75, 3.05) is 27.3 Å². The van der Waals surface area contributed by atoms with E-state index in [2.05, 4.69) is 10.3 Å². The lowest BCUT2D eigenvalue weighted by Crippen LogP contribution is -2.37. The van der Waals surface area contributed by atoms with Crippen molar-refractivity contribution >= 4 is 5.91 Å². The molecule has 1 aromatic carbocycles. The smallest absolute Gasteiger partial charge is 0.227 e. The summed E-state index contributed by atoms with van der Waals surface area (Å²) in [4.78, 5) is 24.1. The molecule has 0 saturated carbocycles. The molecule has 1 atom stereocenters. The fourth-order valence-electron chi connectivity index (χ4n) is 3.91. The van der Waals surface area contributed by atoms with Crippen molar-refractivity contribution in [3.8, 4) is 11.5 Å². The Hall–Kier alpha value is -2.67. The van der Waals surface area contributed by atoms with Gasteiger partial charge in [0.15, 0.2) is 0 Å². The van der Waals surface area contributed by atoms with Crippen LogP contribution < -0.4 is 14.8 Å². The zero-order valence-electron chi connectivity index (χ0n) is 16.4. The summed E-state index contributed by atoms with van der Waals surface area (Å²) in [7, 11) is 3.23. The van der Waals surface area contributed by atoms with E-state index in [1.807, 2.05) is 29.3 Å². The molecule has 0 aliphatic carbocycles. The number of hydrogen-bond acceptors (Lipinski definition) is 6. The van der Waals surface area contributed by atoms with Crippen molar-refractivity contribution < 1.29 is 14.3 Å². The number of amides is 1. The van der Waals surface area contributed by atoms with Crippen LogP contribution in [-0.2, 0) is 24.2 Å². The molecule has 2 aromatic rings. The van der Waals surface area contributed by atoms with E-state index in [9.17, 15) is 4.79 Å². The van der Waals surface area contributed by atoms with E-state index in [1.165, 1.54) is 6.42 Å². The van der Waals surface area contributed by atoms with Crippen molar-refractivity contribution in [2.24, 2.45) is 0 Å². The summed E-state index contributed by atoms with van der Waals surface area (Å²) in [6, 6.07) is 5.79. The number of ether oxygens (including phenoxy) is 2. The lowest BCUT2D eigenvalue weighted by molar-refractivity contribution is -0.131. The Bertz CT molecular complexity index is 865. The van der Waals surface area contributed by atoms with Gasteiger partial charge in [-0.25, -0.2) is 9.97 Å². The van der Waals surface area contributed by atoms with Crippen molar-refractivity contribution in [1.82, 2.24) is 20.2 Å². The van der Waals surface area contributed by atoms with Crippen LogP contribution in [-0.4, -0.2) is 48.1 Å². The molecule has 1 amide bonds. The first-order valence-corrected chi connectivity index (χ1v) is 9.74. The summed E-state index contributed by atoms with van der Waals surface area (Å²) in [5.74, 6) is 2.37. The van der Waals surface area contributed by atoms with Crippen LogP contribution in [0.5, 0.6) is 11.5 Å². The van der Waals surface area contributed by atoms with E-state index in [0.717, 1.165) is 42.0 Å². The SMILES string of the molecule is COc1ccc(OC)c(CC(=O)N2CCc3nc([C@@H]4CCCN4)ncc3C2)c1. The molecule has 1 fully saturated rings. The minimum absolute atomic E-state index is 0.0683. The molecule has 3 heterocycles. The quantitative estimate of drug-likeness (QED) is 0.853. The van der Waals surface area contributed by atoms with E-state index >= 15 is 0 Å². The normalized spacial score (nSPS) is 18.6. The maximum atomic E-state index is 12.9. The number of carbonyl (C=O) groups excluding carboxylic acids is 1. The summed E-state index contributed by atoms with van der Waals surface area (Å²) in [5.41, 5.74) is 2.94. The first kappa shape index (κ1) is 18.7. The maximum Gasteiger partial charge on any atom is 0.227 e. The fourth-order valence-corrected chi connectivity index (χ4v) is 3.91. The Kier molecular flexibility index (Phi) is 5.43. The first-order chi connectivity index (χ1) is 13.7. The average Bonchev–Trinajstić information content (AvgIpc) is 3.27. The molecule has 1 aromatic heterocycles. The highest BCUT2D eigenvalue weighted by Crippen LogP contribution is 2.26. The molecule has 7 nitrogen and oxygen atoms in total. The van der Waals surface area contributed by atoms with Gasteiger partial charge in [0.25, 0.3) is 0 Å². The summed E-state index contributed by atoms with van der Waals surface area (Å²) in [6.45, 7) is 2.26. The van der Waals surface area contributed by atoms with Crippen molar-refractivity contribution in [2.45, 2.75) is 38.3 Å². The molecule has 4 rings (SSSR count). The van der Waals surface area contributed by atoms with E-state index in [0.29, 0.717) is 24.6 Å². The van der Waals surface area contributed by atoms with Crippen molar-refractivity contribution in [1.29, 1.82) is 0 Å². The molecule has 2 aliphatic heterocycles. The monoisotopic (exact) mass is 382 g/mol. The van der Waals surface area contributed by atoms with Crippen LogP contribution in [0.3, 0.4) is 0 Å². The highest BCUT2D eigenvalue weighted by atomic mass is 16.5. The molecule has 148 valence electrons. The third-order valence-corrected chi connectivity index (χ3v) is 5.51. The molecule has 0 bridgehead atoms. The fraction of sp³-hybridized carbons (Fsp3) is 0.476. The third kappa shape index (κ3) is 3.80. The lowest BCUT2D eigenvalue weighted by atomic mass is 10.0. The van der Waals surface area contributed by atoms with Crippen LogP contribution in [0.2, 0.25) is 0 Å². The Balaban J connectivity index is 1.46. The first-order valence-electron chi connectivity index (χ1n) is 9.74. The van der Waals surface area contributed by atoms with Gasteiger partial charge < -0.3 is 19.7 Å². The summed E-state index contributed by atoms with van der Waals surface area (Å²) >= 11 is 0. The van der Waals surface area contributed by atoms with Gasteiger partial charge in [0.1, 0.15) is 17.3 Å². The maximum absolute atomic E-state index is 12.9. The summed E-state index contributed by atoms with van der Waals surface area (Å²) < 4.78 is 10.7. The van der Waals surface area contributed by atoms with Gasteiger partial charge in [-0.3, -0.25) is 4.79 Å². The molecule has 7 heteroatoms. The number of nitrogens with zero attached hydrogens (tertiary/aromatic N) is 3. The van der Waals surface area contributed by atoms with Crippen LogP contribution >= 0.6 is 0 Å². The van der Waals surface area contributed by atoms with E-state index in [-0.39, 0.29) is 18.4 Å². The van der Waals surface area contributed by atoms with E-state index in [4.69, 9.17) is 14.5 Å². The van der Waals surface area contributed by atoms with Crippen LogP contribution in [0.25, 0.3) is 0 Å². The molecule has 0 spiro atoms. The predicted octanol–water partition coefficient (Wildman–Crippen LogP) is 2.05. The Morgan fingerprint density at radius 2 is 2.21 bits per heavy atom. The number of carbonyl (C=O) groups is 1. The van der Waals surface area contributed by atoms with Gasteiger partial charge in [-0.2, -0.15) is 0 Å². The minimum atomic E-state index is 0.0683. The van der Waals surface area contributed by atoms with E-state index in [1.54, 1.807) is 14.2 Å². The highest BCUT2D eigenvalue weighted by molar-refractivity contribution is 5.80. The second-order valence-corrected chi connectivity index (χ2v) is 7.27. The molecule has 0 unspecified atom stereocenters. The summed E-state index contributed by atoms with van der Waals surface area (Å²) in [6.07, 6.45) is 5.19. The highest BCUT2D eigenvalue weighted by Gasteiger charge is 2.25. The number of rotatable bonds is 5. The molecular weight excluding hydrogens is 356 g/mol. The van der Waals surface area contributed by atoms with Gasteiger partial charge in [-0.1, -0.05) is 0 Å². The zero-order valence-corrected chi connectivity index (χ0v) is 16.4. The molecule has 0 radical (unpaired) electrons. The minimum Gasteiger partial charge on any atom is -0.497 e. The van der Waals surface area contributed by atoms with Gasteiger partial charge in [0.05, 0.1) is 32.4 Å². The number of nitrogens with one attached hydrogen (secondary N) is 1. The molecule has 2 aliphatic rings. The number of aromatic nitrogens is 2. The number of benzene rings is 1. The van der Waals surface area contributed by atoms with Gasteiger partial charge in [-0.15, -0.1) is 0 Å². The zero-order chi connectivity index (χ0) is 19.5. The van der Waals surface area contributed by atoms with Gasteiger partial charge in [0, 0.05) is 36.8 Å². The Labute approximate surface area is 165 Å². The number of methoxy groups -OCH3 is 2. The van der Waals surface area contributed by atoms with Gasteiger partial charge >= 0.3 is 0 Å². The lowest BCUT2D eigenvalue weighted by Gasteiger charge is -2.29. The molecule has 28 heavy (non-hydrogen) atoms.